The maximum Gasteiger partial charge on any atom is 0.232 e. The van der Waals surface area contributed by atoms with Gasteiger partial charge in [0.2, 0.25) is 5.91 Å². The fourth-order valence-corrected chi connectivity index (χ4v) is 1.53. The molecule has 0 unspecified atom stereocenters. The van der Waals surface area contributed by atoms with Gasteiger partial charge in [-0.2, -0.15) is 12.6 Å². The van der Waals surface area contributed by atoms with Gasteiger partial charge >= 0.3 is 0 Å². The van der Waals surface area contributed by atoms with E-state index in [1.807, 2.05) is 25.1 Å². The summed E-state index contributed by atoms with van der Waals surface area (Å²) in [6.45, 7) is 2.70. The van der Waals surface area contributed by atoms with Crippen molar-refractivity contribution in [3.05, 3.63) is 35.4 Å². The fourth-order valence-electron chi connectivity index (χ4n) is 1.29. The van der Waals surface area contributed by atoms with Crippen molar-refractivity contribution in [3.63, 3.8) is 0 Å². The van der Waals surface area contributed by atoms with Crippen molar-refractivity contribution < 1.29 is 4.79 Å². The summed E-state index contributed by atoms with van der Waals surface area (Å²) in [7, 11) is 1.79. The molecule has 0 N–H and O–H groups in total. The monoisotopic (exact) mass is 209 g/mol. The number of aryl methyl sites for hydroxylation is 1. The molecule has 0 aliphatic carbocycles. The molecule has 1 rings (SSSR count). The zero-order valence-electron chi connectivity index (χ0n) is 8.53. The van der Waals surface area contributed by atoms with Crippen LogP contribution in [0.3, 0.4) is 0 Å². The van der Waals surface area contributed by atoms with Crippen molar-refractivity contribution in [3.8, 4) is 0 Å². The average Bonchev–Trinajstić information content (AvgIpc) is 2.16. The molecule has 2 nitrogen and oxygen atoms in total. The molecule has 0 aliphatic rings. The molecule has 0 bridgehead atoms. The second kappa shape index (κ2) is 5.05. The minimum Gasteiger partial charge on any atom is -0.341 e. The van der Waals surface area contributed by atoms with Crippen LogP contribution in [0.1, 0.15) is 11.1 Å². The number of benzene rings is 1. The first kappa shape index (κ1) is 11.1. The first-order valence-corrected chi connectivity index (χ1v) is 5.17. The first-order chi connectivity index (χ1) is 6.63. The average molecular weight is 209 g/mol. The highest BCUT2D eigenvalue weighted by Gasteiger charge is 2.06. The normalized spacial score (nSPS) is 9.93. The molecule has 0 aromatic heterocycles. The largest absolute Gasteiger partial charge is 0.341 e. The second-order valence-electron chi connectivity index (χ2n) is 3.40. The van der Waals surface area contributed by atoms with E-state index in [1.165, 1.54) is 5.56 Å². The van der Waals surface area contributed by atoms with Crippen LogP contribution in [0.25, 0.3) is 0 Å². The van der Waals surface area contributed by atoms with Gasteiger partial charge in [0.1, 0.15) is 0 Å². The smallest absolute Gasteiger partial charge is 0.232 e. The lowest BCUT2D eigenvalue weighted by Crippen LogP contribution is -2.27. The van der Waals surface area contributed by atoms with Crippen molar-refractivity contribution in [2.75, 3.05) is 12.8 Å². The maximum absolute atomic E-state index is 11.3. The van der Waals surface area contributed by atoms with Gasteiger partial charge in [0.05, 0.1) is 5.75 Å². The van der Waals surface area contributed by atoms with Crippen molar-refractivity contribution in [1.82, 2.24) is 4.90 Å². The van der Waals surface area contributed by atoms with Crippen LogP contribution < -0.4 is 0 Å². The zero-order valence-corrected chi connectivity index (χ0v) is 9.42. The van der Waals surface area contributed by atoms with Gasteiger partial charge in [-0.3, -0.25) is 4.79 Å². The third-order valence-electron chi connectivity index (χ3n) is 2.06. The van der Waals surface area contributed by atoms with Crippen LogP contribution in [-0.2, 0) is 11.3 Å². The number of nitrogens with zero attached hydrogens (tertiary/aromatic N) is 1. The Morgan fingerprint density at radius 1 is 1.50 bits per heavy atom. The highest BCUT2D eigenvalue weighted by molar-refractivity contribution is 7.81. The highest BCUT2D eigenvalue weighted by Crippen LogP contribution is 2.06. The summed E-state index contributed by atoms with van der Waals surface area (Å²) in [6.07, 6.45) is 0. The molecular formula is C11H15NOS. The number of thiol groups is 1. The van der Waals surface area contributed by atoms with E-state index in [9.17, 15) is 4.79 Å². The van der Waals surface area contributed by atoms with Crippen LogP contribution in [0, 0.1) is 6.92 Å². The minimum absolute atomic E-state index is 0.0508. The Bertz CT molecular complexity index is 325. The minimum atomic E-state index is 0.0508. The Hall–Kier alpha value is -0.960. The molecule has 1 aromatic rings. The molecule has 0 saturated carbocycles. The quantitative estimate of drug-likeness (QED) is 0.754. The van der Waals surface area contributed by atoms with Crippen molar-refractivity contribution >= 4 is 18.5 Å². The summed E-state index contributed by atoms with van der Waals surface area (Å²) in [5.41, 5.74) is 2.37. The topological polar surface area (TPSA) is 20.3 Å². The molecule has 3 heteroatoms. The van der Waals surface area contributed by atoms with Crippen LogP contribution >= 0.6 is 12.6 Å². The van der Waals surface area contributed by atoms with Gasteiger partial charge in [0.15, 0.2) is 0 Å². The van der Waals surface area contributed by atoms with E-state index in [4.69, 9.17) is 0 Å². The summed E-state index contributed by atoms with van der Waals surface area (Å²) in [5, 5.41) is 0. The van der Waals surface area contributed by atoms with Crippen molar-refractivity contribution in [2.24, 2.45) is 0 Å². The Kier molecular flexibility index (Phi) is 4.01. The van der Waals surface area contributed by atoms with E-state index in [0.717, 1.165) is 5.56 Å². The number of hydrogen-bond acceptors (Lipinski definition) is 2. The molecule has 0 saturated heterocycles. The summed E-state index contributed by atoms with van der Waals surface area (Å²) in [6, 6.07) is 8.16. The van der Waals surface area contributed by atoms with E-state index in [0.29, 0.717) is 6.54 Å². The van der Waals surface area contributed by atoms with E-state index < -0.39 is 0 Å². The Morgan fingerprint density at radius 2 is 2.21 bits per heavy atom. The van der Waals surface area contributed by atoms with E-state index in [2.05, 4.69) is 18.7 Å². The lowest BCUT2D eigenvalue weighted by molar-refractivity contribution is -0.127. The third kappa shape index (κ3) is 3.07. The molecule has 14 heavy (non-hydrogen) atoms. The van der Waals surface area contributed by atoms with Gasteiger partial charge in [-0.15, -0.1) is 0 Å². The number of carbonyl (C=O) groups is 1. The molecule has 1 amide bonds. The van der Waals surface area contributed by atoms with Gasteiger partial charge in [-0.25, -0.2) is 0 Å². The number of hydrogen-bond donors (Lipinski definition) is 1. The molecule has 0 heterocycles. The highest BCUT2D eigenvalue weighted by atomic mass is 32.1. The maximum atomic E-state index is 11.3. The molecule has 0 atom stereocenters. The lowest BCUT2D eigenvalue weighted by atomic mass is 10.1. The predicted molar refractivity (Wildman–Crippen MR) is 61.5 cm³/mol. The van der Waals surface area contributed by atoms with Crippen LogP contribution in [0.5, 0.6) is 0 Å². The Balaban J connectivity index is 2.64. The first-order valence-electron chi connectivity index (χ1n) is 4.54. The molecular weight excluding hydrogens is 194 g/mol. The van der Waals surface area contributed by atoms with Crippen molar-refractivity contribution in [2.45, 2.75) is 13.5 Å². The zero-order chi connectivity index (χ0) is 10.6. The summed E-state index contributed by atoms with van der Waals surface area (Å²) in [5.74, 6) is 0.317. The van der Waals surface area contributed by atoms with E-state index in [-0.39, 0.29) is 11.7 Å². The molecule has 0 fully saturated rings. The van der Waals surface area contributed by atoms with Crippen LogP contribution in [0.4, 0.5) is 0 Å². The van der Waals surface area contributed by atoms with Gasteiger partial charge in [-0.1, -0.05) is 29.8 Å². The van der Waals surface area contributed by atoms with Gasteiger partial charge in [0.25, 0.3) is 0 Å². The standard InChI is InChI=1S/C11H15NOS/c1-9-4-3-5-10(6-9)7-12(2)11(13)8-14/h3-6,14H,7-8H2,1-2H3. The molecule has 0 radical (unpaired) electrons. The van der Waals surface area contributed by atoms with Gasteiger partial charge in [-0.05, 0) is 12.5 Å². The third-order valence-corrected chi connectivity index (χ3v) is 2.33. The number of amides is 1. The predicted octanol–water partition coefficient (Wildman–Crippen LogP) is 1.88. The van der Waals surface area contributed by atoms with Crippen molar-refractivity contribution in [1.29, 1.82) is 0 Å². The number of rotatable bonds is 3. The Morgan fingerprint density at radius 3 is 2.79 bits per heavy atom. The molecule has 0 spiro atoms. The molecule has 1 aromatic carbocycles. The number of carbonyl (C=O) groups excluding carboxylic acids is 1. The fraction of sp³-hybridized carbons (Fsp3) is 0.364. The molecule has 76 valence electrons. The summed E-state index contributed by atoms with van der Waals surface area (Å²) < 4.78 is 0. The van der Waals surface area contributed by atoms with Gasteiger partial charge in [0, 0.05) is 13.6 Å². The van der Waals surface area contributed by atoms with Crippen LogP contribution in [0.15, 0.2) is 24.3 Å². The summed E-state index contributed by atoms with van der Waals surface area (Å²) in [4.78, 5) is 12.9. The lowest BCUT2D eigenvalue weighted by Gasteiger charge is -2.16. The van der Waals surface area contributed by atoms with E-state index >= 15 is 0 Å². The molecule has 0 aliphatic heterocycles. The second-order valence-corrected chi connectivity index (χ2v) is 3.71. The SMILES string of the molecule is Cc1cccc(CN(C)C(=O)CS)c1. The summed E-state index contributed by atoms with van der Waals surface area (Å²) >= 11 is 3.95. The van der Waals surface area contributed by atoms with Crippen LogP contribution in [-0.4, -0.2) is 23.6 Å². The Labute approximate surface area is 90.3 Å². The van der Waals surface area contributed by atoms with Gasteiger partial charge < -0.3 is 4.90 Å². The van der Waals surface area contributed by atoms with Crippen LogP contribution in [0.2, 0.25) is 0 Å². The van der Waals surface area contributed by atoms with E-state index in [1.54, 1.807) is 11.9 Å².